The topological polar surface area (TPSA) is 37.3 Å². The Kier molecular flexibility index (Phi) is 13.9. The molecular formula is C24H40O2. The third-order valence-electron chi connectivity index (χ3n) is 5.37. The molecule has 0 bridgehead atoms. The van der Waals surface area contributed by atoms with Gasteiger partial charge in [0.15, 0.2) is 0 Å². The Hall–Kier alpha value is -1.31. The van der Waals surface area contributed by atoms with Crippen molar-refractivity contribution in [1.29, 1.82) is 0 Å². The molecule has 0 fully saturated rings. The fourth-order valence-electron chi connectivity index (χ4n) is 3.62. The normalized spacial score (nSPS) is 12.2. The number of benzene rings is 1. The fraction of sp³-hybridized carbons (Fsp3) is 0.708. The van der Waals surface area contributed by atoms with Gasteiger partial charge in [0.05, 0.1) is 5.92 Å². The molecule has 0 radical (unpaired) electrons. The monoisotopic (exact) mass is 360 g/mol. The highest BCUT2D eigenvalue weighted by atomic mass is 16.4. The van der Waals surface area contributed by atoms with Gasteiger partial charge < -0.3 is 5.11 Å². The number of carboxylic acid groups (broad SMARTS) is 1. The van der Waals surface area contributed by atoms with Crippen molar-refractivity contribution in [2.75, 3.05) is 0 Å². The van der Waals surface area contributed by atoms with Gasteiger partial charge in [0.1, 0.15) is 0 Å². The summed E-state index contributed by atoms with van der Waals surface area (Å²) in [6, 6.07) is 10.8. The number of hydrogen-bond donors (Lipinski definition) is 1. The van der Waals surface area contributed by atoms with Gasteiger partial charge in [-0.25, -0.2) is 0 Å². The van der Waals surface area contributed by atoms with Crippen molar-refractivity contribution in [2.24, 2.45) is 5.92 Å². The molecule has 0 amide bonds. The van der Waals surface area contributed by atoms with Crippen LogP contribution in [0.2, 0.25) is 0 Å². The lowest BCUT2D eigenvalue weighted by atomic mass is 9.95. The van der Waals surface area contributed by atoms with Crippen LogP contribution in [0, 0.1) is 5.92 Å². The van der Waals surface area contributed by atoms with Crippen molar-refractivity contribution in [3.8, 4) is 0 Å². The smallest absolute Gasteiger partial charge is 0.306 e. The van der Waals surface area contributed by atoms with E-state index in [9.17, 15) is 9.90 Å². The molecular weight excluding hydrogens is 320 g/mol. The SMILES string of the molecule is CCCCC(CCCCCCCCCCCCc1ccccc1)C(=O)O. The zero-order valence-electron chi connectivity index (χ0n) is 16.9. The number of hydrogen-bond acceptors (Lipinski definition) is 1. The third kappa shape index (κ3) is 12.1. The Morgan fingerprint density at radius 3 is 1.81 bits per heavy atom. The first-order valence-electron chi connectivity index (χ1n) is 11.0. The minimum absolute atomic E-state index is 0.106. The fourth-order valence-corrected chi connectivity index (χ4v) is 3.62. The minimum Gasteiger partial charge on any atom is -0.481 e. The summed E-state index contributed by atoms with van der Waals surface area (Å²) in [7, 11) is 0. The Balaban J connectivity index is 1.85. The lowest BCUT2D eigenvalue weighted by Gasteiger charge is -2.11. The van der Waals surface area contributed by atoms with E-state index in [0.717, 1.165) is 32.1 Å². The summed E-state index contributed by atoms with van der Waals surface area (Å²) < 4.78 is 0. The lowest BCUT2D eigenvalue weighted by molar-refractivity contribution is -0.142. The highest BCUT2D eigenvalue weighted by Gasteiger charge is 2.15. The van der Waals surface area contributed by atoms with Gasteiger partial charge in [0.25, 0.3) is 0 Å². The summed E-state index contributed by atoms with van der Waals surface area (Å²) >= 11 is 0. The quantitative estimate of drug-likeness (QED) is 0.294. The van der Waals surface area contributed by atoms with E-state index >= 15 is 0 Å². The summed E-state index contributed by atoms with van der Waals surface area (Å²) in [6.07, 6.45) is 18.1. The highest BCUT2D eigenvalue weighted by Crippen LogP contribution is 2.18. The van der Waals surface area contributed by atoms with Gasteiger partial charge in [0, 0.05) is 0 Å². The maximum absolute atomic E-state index is 11.2. The van der Waals surface area contributed by atoms with E-state index in [1.165, 1.54) is 69.8 Å². The number of unbranched alkanes of at least 4 members (excludes halogenated alkanes) is 10. The number of carbonyl (C=O) groups is 1. The molecule has 0 aliphatic carbocycles. The summed E-state index contributed by atoms with van der Waals surface area (Å²) in [5.41, 5.74) is 1.47. The Labute approximate surface area is 161 Å². The van der Waals surface area contributed by atoms with Crippen molar-refractivity contribution < 1.29 is 9.90 Å². The Morgan fingerprint density at radius 2 is 1.27 bits per heavy atom. The van der Waals surface area contributed by atoms with Gasteiger partial charge >= 0.3 is 5.97 Å². The van der Waals surface area contributed by atoms with Crippen LogP contribution in [0.15, 0.2) is 30.3 Å². The zero-order chi connectivity index (χ0) is 18.9. The average Bonchev–Trinajstić information content (AvgIpc) is 2.65. The Morgan fingerprint density at radius 1 is 0.769 bits per heavy atom. The lowest BCUT2D eigenvalue weighted by Crippen LogP contribution is -2.13. The summed E-state index contributed by atoms with van der Waals surface area (Å²) in [5, 5.41) is 9.23. The van der Waals surface area contributed by atoms with Crippen LogP contribution in [0.5, 0.6) is 0 Å². The molecule has 148 valence electrons. The molecule has 1 atom stereocenters. The van der Waals surface area contributed by atoms with Crippen molar-refractivity contribution >= 4 is 5.97 Å². The van der Waals surface area contributed by atoms with Crippen molar-refractivity contribution in [3.05, 3.63) is 35.9 Å². The van der Waals surface area contributed by atoms with Gasteiger partial charge in [-0.05, 0) is 31.2 Å². The second-order valence-corrected chi connectivity index (χ2v) is 7.74. The second kappa shape index (κ2) is 15.9. The van der Waals surface area contributed by atoms with Crippen molar-refractivity contribution in [1.82, 2.24) is 0 Å². The van der Waals surface area contributed by atoms with Crippen LogP contribution >= 0.6 is 0 Å². The van der Waals surface area contributed by atoms with Crippen LogP contribution in [0.1, 0.15) is 102 Å². The van der Waals surface area contributed by atoms with Crippen LogP contribution < -0.4 is 0 Å². The molecule has 0 saturated heterocycles. The van der Waals surface area contributed by atoms with E-state index in [4.69, 9.17) is 0 Å². The molecule has 0 spiro atoms. The predicted octanol–water partition coefficient (Wildman–Crippen LogP) is 7.41. The highest BCUT2D eigenvalue weighted by molar-refractivity contribution is 5.69. The van der Waals surface area contributed by atoms with E-state index in [-0.39, 0.29) is 5.92 Å². The molecule has 0 saturated carbocycles. The molecule has 1 unspecified atom stereocenters. The summed E-state index contributed by atoms with van der Waals surface area (Å²) in [6.45, 7) is 2.13. The summed E-state index contributed by atoms with van der Waals surface area (Å²) in [4.78, 5) is 11.2. The molecule has 2 nitrogen and oxygen atoms in total. The largest absolute Gasteiger partial charge is 0.481 e. The number of aryl methyl sites for hydroxylation is 1. The zero-order valence-corrected chi connectivity index (χ0v) is 16.9. The molecule has 0 aliphatic heterocycles. The molecule has 0 aromatic heterocycles. The minimum atomic E-state index is -0.592. The van der Waals surface area contributed by atoms with Crippen LogP contribution in [0.4, 0.5) is 0 Å². The van der Waals surface area contributed by atoms with Gasteiger partial charge in [-0.15, -0.1) is 0 Å². The van der Waals surface area contributed by atoms with Crippen LogP contribution in [0.25, 0.3) is 0 Å². The first-order valence-corrected chi connectivity index (χ1v) is 11.0. The standard InChI is InChI=1S/C24H40O2/c1-2-3-20-23(24(25)26)21-16-11-9-7-5-4-6-8-10-13-17-22-18-14-12-15-19-22/h12,14-15,18-19,23H,2-11,13,16-17,20-21H2,1H3,(H,25,26). The van der Waals surface area contributed by atoms with Gasteiger partial charge in [-0.1, -0.05) is 108 Å². The molecule has 1 aromatic carbocycles. The van der Waals surface area contributed by atoms with Gasteiger partial charge in [0.2, 0.25) is 0 Å². The van der Waals surface area contributed by atoms with Gasteiger partial charge in [-0.3, -0.25) is 4.79 Å². The molecule has 2 heteroatoms. The predicted molar refractivity (Wildman–Crippen MR) is 112 cm³/mol. The Bertz CT molecular complexity index is 441. The van der Waals surface area contributed by atoms with Gasteiger partial charge in [-0.2, -0.15) is 0 Å². The maximum Gasteiger partial charge on any atom is 0.306 e. The third-order valence-corrected chi connectivity index (χ3v) is 5.37. The van der Waals surface area contributed by atoms with Crippen LogP contribution in [-0.4, -0.2) is 11.1 Å². The van der Waals surface area contributed by atoms with E-state index in [0.29, 0.717) is 0 Å². The molecule has 1 N–H and O–H groups in total. The van der Waals surface area contributed by atoms with Crippen molar-refractivity contribution in [2.45, 2.75) is 103 Å². The van der Waals surface area contributed by atoms with Crippen molar-refractivity contribution in [3.63, 3.8) is 0 Å². The van der Waals surface area contributed by atoms with E-state index in [1.54, 1.807) is 0 Å². The molecule has 0 aliphatic rings. The van der Waals surface area contributed by atoms with E-state index < -0.39 is 5.97 Å². The second-order valence-electron chi connectivity index (χ2n) is 7.74. The number of aliphatic carboxylic acids is 1. The number of rotatable bonds is 17. The molecule has 1 rings (SSSR count). The average molecular weight is 361 g/mol. The van der Waals surface area contributed by atoms with E-state index in [2.05, 4.69) is 37.3 Å². The van der Waals surface area contributed by atoms with Crippen LogP contribution in [-0.2, 0) is 11.2 Å². The molecule has 1 aromatic rings. The maximum atomic E-state index is 11.2. The van der Waals surface area contributed by atoms with Crippen LogP contribution in [0.3, 0.4) is 0 Å². The van der Waals surface area contributed by atoms with E-state index in [1.807, 2.05) is 0 Å². The first kappa shape index (κ1) is 22.7. The summed E-state index contributed by atoms with van der Waals surface area (Å²) in [5.74, 6) is -0.698. The number of carboxylic acids is 1. The molecule has 26 heavy (non-hydrogen) atoms. The molecule has 0 heterocycles. The first-order chi connectivity index (χ1) is 12.7.